The van der Waals surface area contributed by atoms with Gasteiger partial charge in [-0.05, 0) is 49.6 Å². The molecule has 0 spiro atoms. The Morgan fingerprint density at radius 2 is 1.75 bits per heavy atom. The van der Waals surface area contributed by atoms with Crippen LogP contribution in [0.1, 0.15) is 28.4 Å². The highest BCUT2D eigenvalue weighted by molar-refractivity contribution is 5.91. The fourth-order valence-corrected chi connectivity index (χ4v) is 3.24. The van der Waals surface area contributed by atoms with Crippen molar-refractivity contribution >= 4 is 5.97 Å². The van der Waals surface area contributed by atoms with Crippen molar-refractivity contribution in [2.75, 3.05) is 6.61 Å². The fraction of sp³-hybridized carbons (Fsp3) is 0.217. The second kappa shape index (κ2) is 8.57. The van der Waals surface area contributed by atoms with Crippen molar-refractivity contribution in [2.24, 2.45) is 0 Å². The van der Waals surface area contributed by atoms with E-state index in [0.29, 0.717) is 29.8 Å². The van der Waals surface area contributed by atoms with Crippen molar-refractivity contribution in [1.29, 1.82) is 0 Å². The lowest BCUT2D eigenvalue weighted by Gasteiger charge is -2.17. The van der Waals surface area contributed by atoms with Crippen molar-refractivity contribution < 1.29 is 14.6 Å². The van der Waals surface area contributed by atoms with Gasteiger partial charge >= 0.3 is 5.97 Å². The first-order valence-electron chi connectivity index (χ1n) is 9.26. The van der Waals surface area contributed by atoms with Crippen LogP contribution in [0.3, 0.4) is 0 Å². The van der Waals surface area contributed by atoms with Crippen LogP contribution < -0.4 is 5.56 Å². The third-order valence-electron chi connectivity index (χ3n) is 4.62. The zero-order valence-corrected chi connectivity index (χ0v) is 16.0. The van der Waals surface area contributed by atoms with Crippen molar-refractivity contribution in [3.63, 3.8) is 0 Å². The molecular weight excluding hydrogens is 354 g/mol. The Balaban J connectivity index is 2.14. The van der Waals surface area contributed by atoms with Gasteiger partial charge in [0.1, 0.15) is 11.3 Å². The van der Waals surface area contributed by atoms with Gasteiger partial charge in [0.05, 0.1) is 12.3 Å². The SMILES string of the molecule is CCOC(=O)c1c(C)cc(-c2ccccc2O)n(CCc2ccccc2)c1=O. The number of aromatic hydroxyl groups is 1. The molecule has 1 N–H and O–H groups in total. The number of benzene rings is 2. The van der Waals surface area contributed by atoms with E-state index in [-0.39, 0.29) is 17.9 Å². The van der Waals surface area contributed by atoms with E-state index in [2.05, 4.69) is 0 Å². The number of nitrogens with zero attached hydrogens (tertiary/aromatic N) is 1. The Morgan fingerprint density at radius 1 is 1.07 bits per heavy atom. The number of aromatic nitrogens is 1. The quantitative estimate of drug-likeness (QED) is 0.661. The minimum Gasteiger partial charge on any atom is -0.507 e. The summed E-state index contributed by atoms with van der Waals surface area (Å²) in [6.07, 6.45) is 0.618. The summed E-state index contributed by atoms with van der Waals surface area (Å²) in [6.45, 7) is 3.98. The maximum atomic E-state index is 13.2. The molecule has 0 amide bonds. The van der Waals surface area contributed by atoms with Gasteiger partial charge in [-0.1, -0.05) is 42.5 Å². The molecule has 2 aromatic carbocycles. The molecular formula is C23H23NO4. The number of aryl methyl sites for hydroxylation is 2. The van der Waals surface area contributed by atoms with Crippen molar-refractivity contribution in [1.82, 2.24) is 4.57 Å². The molecule has 3 aromatic rings. The number of carbonyl (C=O) groups excluding carboxylic acids is 1. The summed E-state index contributed by atoms with van der Waals surface area (Å²) in [7, 11) is 0. The average Bonchev–Trinajstić information content (AvgIpc) is 2.68. The van der Waals surface area contributed by atoms with Crippen LogP contribution in [0, 0.1) is 6.92 Å². The maximum Gasteiger partial charge on any atom is 0.344 e. The van der Waals surface area contributed by atoms with Crippen LogP contribution in [0.5, 0.6) is 5.75 Å². The summed E-state index contributed by atoms with van der Waals surface area (Å²) in [5.74, 6) is -0.541. The number of hydrogen-bond donors (Lipinski definition) is 1. The molecule has 0 bridgehead atoms. The van der Waals surface area contributed by atoms with Gasteiger partial charge < -0.3 is 14.4 Å². The van der Waals surface area contributed by atoms with Crippen molar-refractivity contribution in [3.05, 3.63) is 87.7 Å². The lowest BCUT2D eigenvalue weighted by molar-refractivity contribution is 0.0522. The maximum absolute atomic E-state index is 13.2. The smallest absolute Gasteiger partial charge is 0.344 e. The largest absolute Gasteiger partial charge is 0.507 e. The number of ether oxygens (including phenoxy) is 1. The van der Waals surface area contributed by atoms with Crippen LogP contribution >= 0.6 is 0 Å². The Morgan fingerprint density at radius 3 is 2.43 bits per heavy atom. The second-order valence-electron chi connectivity index (χ2n) is 6.52. The van der Waals surface area contributed by atoms with Gasteiger partial charge in [-0.2, -0.15) is 0 Å². The van der Waals surface area contributed by atoms with Gasteiger partial charge in [0.25, 0.3) is 5.56 Å². The summed E-state index contributed by atoms with van der Waals surface area (Å²) in [5.41, 5.74) is 2.35. The number of hydrogen-bond acceptors (Lipinski definition) is 4. The fourth-order valence-electron chi connectivity index (χ4n) is 3.24. The van der Waals surface area contributed by atoms with Crippen LogP contribution in [-0.2, 0) is 17.7 Å². The van der Waals surface area contributed by atoms with E-state index in [0.717, 1.165) is 5.56 Å². The van der Waals surface area contributed by atoms with Crippen LogP contribution in [0.15, 0.2) is 65.5 Å². The van der Waals surface area contributed by atoms with E-state index in [1.807, 2.05) is 30.3 Å². The highest BCUT2D eigenvalue weighted by Gasteiger charge is 2.21. The van der Waals surface area contributed by atoms with Crippen LogP contribution in [0.2, 0.25) is 0 Å². The average molecular weight is 377 g/mol. The number of carbonyl (C=O) groups is 1. The predicted molar refractivity (Wildman–Crippen MR) is 109 cm³/mol. The topological polar surface area (TPSA) is 68.5 Å². The monoisotopic (exact) mass is 377 g/mol. The summed E-state index contributed by atoms with van der Waals surface area (Å²) >= 11 is 0. The number of phenols is 1. The number of phenolic OH excluding ortho intramolecular Hbond substituents is 1. The number of pyridine rings is 1. The third kappa shape index (κ3) is 3.98. The molecule has 0 aliphatic carbocycles. The first-order valence-corrected chi connectivity index (χ1v) is 9.26. The molecule has 0 fully saturated rings. The molecule has 0 radical (unpaired) electrons. The highest BCUT2D eigenvalue weighted by atomic mass is 16.5. The second-order valence-corrected chi connectivity index (χ2v) is 6.52. The van der Waals surface area contributed by atoms with Gasteiger partial charge in [0.15, 0.2) is 0 Å². The molecule has 0 saturated heterocycles. The molecule has 1 heterocycles. The van der Waals surface area contributed by atoms with Gasteiger partial charge in [-0.3, -0.25) is 4.79 Å². The molecule has 0 aliphatic rings. The molecule has 0 unspecified atom stereocenters. The van der Waals surface area contributed by atoms with Crippen LogP contribution in [0.25, 0.3) is 11.3 Å². The number of esters is 1. The van der Waals surface area contributed by atoms with E-state index in [1.54, 1.807) is 48.7 Å². The van der Waals surface area contributed by atoms with Gasteiger partial charge in [-0.15, -0.1) is 0 Å². The van der Waals surface area contributed by atoms with Crippen molar-refractivity contribution in [3.8, 4) is 17.0 Å². The van der Waals surface area contributed by atoms with E-state index < -0.39 is 11.5 Å². The highest BCUT2D eigenvalue weighted by Crippen LogP contribution is 2.29. The molecule has 5 nitrogen and oxygen atoms in total. The van der Waals surface area contributed by atoms with Gasteiger partial charge in [-0.25, -0.2) is 4.79 Å². The van der Waals surface area contributed by atoms with E-state index in [9.17, 15) is 14.7 Å². The minimum atomic E-state index is -0.623. The predicted octanol–water partition coefficient (Wildman–Crippen LogP) is 3.95. The number of rotatable bonds is 6. The summed E-state index contributed by atoms with van der Waals surface area (Å²) in [6, 6.07) is 18.4. The molecule has 0 atom stereocenters. The van der Waals surface area contributed by atoms with Gasteiger partial charge in [0.2, 0.25) is 0 Å². The molecule has 0 aliphatic heterocycles. The number of para-hydroxylation sites is 1. The van der Waals surface area contributed by atoms with Crippen LogP contribution in [0.4, 0.5) is 0 Å². The summed E-state index contributed by atoms with van der Waals surface area (Å²) in [5, 5.41) is 10.3. The zero-order chi connectivity index (χ0) is 20.1. The van der Waals surface area contributed by atoms with Crippen molar-refractivity contribution in [2.45, 2.75) is 26.8 Å². The molecule has 1 aromatic heterocycles. The molecule has 0 saturated carbocycles. The first kappa shape index (κ1) is 19.4. The third-order valence-corrected chi connectivity index (χ3v) is 4.62. The molecule has 144 valence electrons. The Hall–Kier alpha value is -3.34. The standard InChI is InChI=1S/C23H23NO4/c1-3-28-23(27)21-16(2)15-19(18-11-7-8-12-20(18)25)24(22(21)26)14-13-17-9-5-4-6-10-17/h4-12,15,25H,3,13-14H2,1-2H3. The van der Waals surface area contributed by atoms with E-state index in [4.69, 9.17) is 4.74 Å². The minimum absolute atomic E-state index is 0.0362. The Kier molecular flexibility index (Phi) is 5.94. The Bertz CT molecular complexity index is 1040. The summed E-state index contributed by atoms with van der Waals surface area (Å²) in [4.78, 5) is 25.6. The molecule has 5 heteroatoms. The van der Waals surface area contributed by atoms with Crippen LogP contribution in [-0.4, -0.2) is 22.2 Å². The Labute approximate surface area is 163 Å². The molecule has 28 heavy (non-hydrogen) atoms. The van der Waals surface area contributed by atoms with E-state index >= 15 is 0 Å². The lowest BCUT2D eigenvalue weighted by Crippen LogP contribution is -2.30. The first-order chi connectivity index (χ1) is 13.5. The normalized spacial score (nSPS) is 10.6. The lowest BCUT2D eigenvalue weighted by atomic mass is 10.0. The van der Waals surface area contributed by atoms with Gasteiger partial charge in [0, 0.05) is 12.1 Å². The molecule has 3 rings (SSSR count). The summed E-state index contributed by atoms with van der Waals surface area (Å²) < 4.78 is 6.62. The van der Waals surface area contributed by atoms with E-state index in [1.165, 1.54) is 0 Å². The zero-order valence-electron chi connectivity index (χ0n) is 16.0.